The zero-order chi connectivity index (χ0) is 20.1. The fourth-order valence-electron chi connectivity index (χ4n) is 3.01. The van der Waals surface area contributed by atoms with E-state index in [-0.39, 0.29) is 5.04 Å². The lowest BCUT2D eigenvalue weighted by Gasteiger charge is -2.36. The second-order valence-electron chi connectivity index (χ2n) is 9.31. The van der Waals surface area contributed by atoms with Gasteiger partial charge >= 0.3 is 0 Å². The molecule has 5 nitrogen and oxygen atoms in total. The van der Waals surface area contributed by atoms with Crippen molar-refractivity contribution in [3.05, 3.63) is 18.2 Å². The van der Waals surface area contributed by atoms with Gasteiger partial charge in [0.05, 0.1) is 11.4 Å². The summed E-state index contributed by atoms with van der Waals surface area (Å²) in [5.74, 6) is 0. The SMILES string of the molecule is CN1CCN(c2ccc(N)cc2NCCCCO[Si](C)(C)C(C)(C)C)CC1. The lowest BCUT2D eigenvalue weighted by molar-refractivity contribution is 0.280. The number of anilines is 3. The normalized spacial score (nSPS) is 16.6. The van der Waals surface area contributed by atoms with Gasteiger partial charge in [0.1, 0.15) is 0 Å². The highest BCUT2D eigenvalue weighted by molar-refractivity contribution is 6.74. The number of piperazine rings is 1. The first-order valence-corrected chi connectivity index (χ1v) is 13.2. The van der Waals surface area contributed by atoms with E-state index < -0.39 is 8.32 Å². The number of unbranched alkanes of at least 4 members (excludes halogenated alkanes) is 1. The van der Waals surface area contributed by atoms with Gasteiger partial charge in [-0.25, -0.2) is 0 Å². The molecule has 1 aliphatic heterocycles. The molecular weight excluding hydrogens is 352 g/mol. The van der Waals surface area contributed by atoms with Crippen LogP contribution in [0.4, 0.5) is 17.1 Å². The Morgan fingerprint density at radius 1 is 1.11 bits per heavy atom. The van der Waals surface area contributed by atoms with Gasteiger partial charge in [0, 0.05) is 45.0 Å². The predicted octanol–water partition coefficient (Wildman–Crippen LogP) is 4.23. The fraction of sp³-hybridized carbons (Fsp3) is 0.714. The lowest BCUT2D eigenvalue weighted by atomic mass is 10.2. The van der Waals surface area contributed by atoms with Crippen molar-refractivity contribution in [1.29, 1.82) is 0 Å². The van der Waals surface area contributed by atoms with Gasteiger partial charge in [0.2, 0.25) is 0 Å². The van der Waals surface area contributed by atoms with E-state index in [1.54, 1.807) is 0 Å². The number of nitrogens with one attached hydrogen (secondary N) is 1. The van der Waals surface area contributed by atoms with E-state index in [1.807, 2.05) is 6.07 Å². The summed E-state index contributed by atoms with van der Waals surface area (Å²) in [6.45, 7) is 17.7. The minimum atomic E-state index is -1.62. The molecule has 0 aliphatic carbocycles. The Kier molecular flexibility index (Phi) is 7.60. The summed E-state index contributed by atoms with van der Waals surface area (Å²) in [5, 5.41) is 3.89. The molecule has 1 aromatic carbocycles. The molecule has 27 heavy (non-hydrogen) atoms. The van der Waals surface area contributed by atoms with Gasteiger partial charge in [-0.15, -0.1) is 0 Å². The molecule has 0 bridgehead atoms. The number of nitrogens with two attached hydrogens (primary N) is 1. The molecule has 1 heterocycles. The molecule has 0 aromatic heterocycles. The van der Waals surface area contributed by atoms with E-state index in [0.29, 0.717) is 0 Å². The van der Waals surface area contributed by atoms with Crippen LogP contribution in [0.3, 0.4) is 0 Å². The summed E-state index contributed by atoms with van der Waals surface area (Å²) in [7, 11) is 0.565. The van der Waals surface area contributed by atoms with Crippen LogP contribution < -0.4 is 16.0 Å². The lowest BCUT2D eigenvalue weighted by Crippen LogP contribution is -2.44. The topological polar surface area (TPSA) is 53.8 Å². The van der Waals surface area contributed by atoms with E-state index in [1.165, 1.54) is 5.69 Å². The molecule has 1 aliphatic rings. The van der Waals surface area contributed by atoms with Crippen LogP contribution in [0.25, 0.3) is 0 Å². The monoisotopic (exact) mass is 392 g/mol. The van der Waals surface area contributed by atoms with Crippen molar-refractivity contribution in [2.24, 2.45) is 0 Å². The predicted molar refractivity (Wildman–Crippen MR) is 121 cm³/mol. The van der Waals surface area contributed by atoms with E-state index in [4.69, 9.17) is 10.2 Å². The van der Waals surface area contributed by atoms with E-state index in [2.05, 4.69) is 68.2 Å². The average molecular weight is 393 g/mol. The van der Waals surface area contributed by atoms with Gasteiger partial charge in [0.15, 0.2) is 8.32 Å². The molecule has 0 saturated carbocycles. The van der Waals surface area contributed by atoms with Crippen molar-refractivity contribution >= 4 is 25.4 Å². The van der Waals surface area contributed by atoms with Gasteiger partial charge in [-0.3, -0.25) is 0 Å². The molecular formula is C21H40N4OSi. The number of nitrogen functional groups attached to an aromatic ring is 1. The molecule has 2 rings (SSSR count). The highest BCUT2D eigenvalue weighted by Gasteiger charge is 2.36. The van der Waals surface area contributed by atoms with Crippen LogP contribution in [0.1, 0.15) is 33.6 Å². The summed E-state index contributed by atoms with van der Waals surface area (Å²) in [4.78, 5) is 4.84. The minimum Gasteiger partial charge on any atom is -0.417 e. The summed E-state index contributed by atoms with van der Waals surface area (Å²) < 4.78 is 6.27. The number of likely N-dealkylation sites (N-methyl/N-ethyl adjacent to an activating group) is 1. The van der Waals surface area contributed by atoms with Crippen molar-refractivity contribution < 1.29 is 4.43 Å². The Labute approximate surface area is 167 Å². The van der Waals surface area contributed by atoms with Crippen molar-refractivity contribution in [3.8, 4) is 0 Å². The molecule has 0 radical (unpaired) electrons. The summed E-state index contributed by atoms with van der Waals surface area (Å²) in [6, 6.07) is 6.23. The fourth-order valence-corrected chi connectivity index (χ4v) is 4.10. The van der Waals surface area contributed by atoms with Crippen molar-refractivity contribution in [1.82, 2.24) is 4.90 Å². The van der Waals surface area contributed by atoms with Crippen molar-refractivity contribution in [3.63, 3.8) is 0 Å². The van der Waals surface area contributed by atoms with Crippen LogP contribution in [0.15, 0.2) is 18.2 Å². The van der Waals surface area contributed by atoms with Crippen LogP contribution in [0, 0.1) is 0 Å². The highest BCUT2D eigenvalue weighted by atomic mass is 28.4. The third kappa shape index (κ3) is 6.40. The van der Waals surface area contributed by atoms with Crippen molar-refractivity contribution in [2.45, 2.75) is 51.7 Å². The number of nitrogens with zero attached hydrogens (tertiary/aromatic N) is 2. The summed E-state index contributed by atoms with van der Waals surface area (Å²) in [5.41, 5.74) is 9.28. The summed E-state index contributed by atoms with van der Waals surface area (Å²) in [6.07, 6.45) is 2.19. The molecule has 0 unspecified atom stereocenters. The van der Waals surface area contributed by atoms with E-state index in [0.717, 1.165) is 63.5 Å². The van der Waals surface area contributed by atoms with Gasteiger partial charge < -0.3 is 25.3 Å². The second kappa shape index (κ2) is 9.30. The first kappa shape index (κ1) is 22.1. The Morgan fingerprint density at radius 2 is 1.78 bits per heavy atom. The Morgan fingerprint density at radius 3 is 2.41 bits per heavy atom. The Bertz CT molecular complexity index is 592. The first-order chi connectivity index (χ1) is 12.6. The van der Waals surface area contributed by atoms with Crippen LogP contribution in [-0.2, 0) is 4.43 Å². The smallest absolute Gasteiger partial charge is 0.191 e. The number of rotatable bonds is 8. The maximum atomic E-state index is 6.27. The summed E-state index contributed by atoms with van der Waals surface area (Å²) >= 11 is 0. The van der Waals surface area contributed by atoms with Crippen LogP contribution in [0.2, 0.25) is 18.1 Å². The minimum absolute atomic E-state index is 0.282. The molecule has 0 atom stereocenters. The van der Waals surface area contributed by atoms with Gasteiger partial charge in [-0.1, -0.05) is 20.8 Å². The van der Waals surface area contributed by atoms with Crippen LogP contribution in [0.5, 0.6) is 0 Å². The highest BCUT2D eigenvalue weighted by Crippen LogP contribution is 2.36. The largest absolute Gasteiger partial charge is 0.417 e. The molecule has 0 spiro atoms. The zero-order valence-corrected chi connectivity index (χ0v) is 19.3. The molecule has 6 heteroatoms. The molecule has 1 fully saturated rings. The Balaban J connectivity index is 1.81. The quantitative estimate of drug-likeness (QED) is 0.394. The number of benzene rings is 1. The molecule has 0 amide bonds. The molecule has 154 valence electrons. The number of hydrogen-bond donors (Lipinski definition) is 2. The molecule has 1 aromatic rings. The third-order valence-electron chi connectivity index (χ3n) is 6.02. The van der Waals surface area contributed by atoms with Crippen LogP contribution >= 0.6 is 0 Å². The molecule has 3 N–H and O–H groups in total. The van der Waals surface area contributed by atoms with E-state index >= 15 is 0 Å². The van der Waals surface area contributed by atoms with Crippen LogP contribution in [-0.4, -0.2) is 59.6 Å². The first-order valence-electron chi connectivity index (χ1n) is 10.3. The molecule has 1 saturated heterocycles. The zero-order valence-electron chi connectivity index (χ0n) is 18.3. The van der Waals surface area contributed by atoms with Gasteiger partial charge in [-0.05, 0) is 56.2 Å². The Hall–Kier alpha value is -1.24. The van der Waals surface area contributed by atoms with E-state index in [9.17, 15) is 0 Å². The maximum absolute atomic E-state index is 6.27. The van der Waals surface area contributed by atoms with Gasteiger partial charge in [0.25, 0.3) is 0 Å². The number of hydrogen-bond acceptors (Lipinski definition) is 5. The third-order valence-corrected chi connectivity index (χ3v) is 10.6. The second-order valence-corrected chi connectivity index (χ2v) is 14.1. The standard InChI is InChI=1S/C21H40N4OSi/c1-21(2,3)27(5,6)26-16-8-7-11-23-19-17-18(22)9-10-20(19)25-14-12-24(4)13-15-25/h9-10,17,23H,7-8,11-16,22H2,1-6H3. The maximum Gasteiger partial charge on any atom is 0.191 e. The van der Waals surface area contributed by atoms with Gasteiger partial charge in [-0.2, -0.15) is 0 Å². The van der Waals surface area contributed by atoms with Crippen molar-refractivity contribution in [2.75, 3.05) is 62.3 Å². The average Bonchev–Trinajstić information content (AvgIpc) is 2.58.